The zero-order valence-corrected chi connectivity index (χ0v) is 24.3. The summed E-state index contributed by atoms with van der Waals surface area (Å²) >= 11 is 0. The molecule has 3 N–H and O–H groups in total. The Kier molecular flexibility index (Phi) is 9.24. The molecular weight excluding hydrogens is 573 g/mol. The molecule has 1 aromatic heterocycles. The van der Waals surface area contributed by atoms with E-state index in [2.05, 4.69) is 64.6 Å². The number of carboxylic acid groups (broad SMARTS) is 1. The molecule has 4 aromatic rings. The fourth-order valence-corrected chi connectivity index (χ4v) is 6.00. The molecule has 6 rings (SSSR count). The molecule has 0 spiro atoms. The van der Waals surface area contributed by atoms with E-state index in [-0.39, 0.29) is 29.6 Å². The van der Waals surface area contributed by atoms with Crippen molar-refractivity contribution in [2.24, 2.45) is 5.92 Å². The van der Waals surface area contributed by atoms with Crippen LogP contribution in [0.1, 0.15) is 43.7 Å². The van der Waals surface area contributed by atoms with Crippen LogP contribution in [0.25, 0.3) is 22.2 Å². The average molecular weight is 609 g/mol. The van der Waals surface area contributed by atoms with E-state index < -0.39 is 12.1 Å². The average Bonchev–Trinajstić information content (AvgIpc) is 3.74. The molecule has 1 saturated heterocycles. The summed E-state index contributed by atoms with van der Waals surface area (Å²) in [6.07, 6.45) is -2.29. The van der Waals surface area contributed by atoms with Crippen LogP contribution in [0.4, 0.5) is 13.2 Å². The van der Waals surface area contributed by atoms with Gasteiger partial charge in [-0.2, -0.15) is 13.2 Å². The third-order valence-corrected chi connectivity index (χ3v) is 8.26. The lowest BCUT2D eigenvalue weighted by molar-refractivity contribution is -0.192. The number of aromatic nitrogens is 2. The minimum atomic E-state index is -5.08. The first kappa shape index (κ1) is 31.1. The maximum Gasteiger partial charge on any atom is 0.490 e. The summed E-state index contributed by atoms with van der Waals surface area (Å²) in [5.74, 6) is -2.11. The molecule has 44 heavy (non-hydrogen) atoms. The normalized spacial score (nSPS) is 19.5. The van der Waals surface area contributed by atoms with E-state index in [4.69, 9.17) is 9.90 Å². The minimum Gasteiger partial charge on any atom is -0.475 e. The van der Waals surface area contributed by atoms with E-state index in [1.165, 1.54) is 5.56 Å². The topological polar surface area (TPSA) is 107 Å². The highest BCUT2D eigenvalue weighted by Gasteiger charge is 2.44. The summed E-state index contributed by atoms with van der Waals surface area (Å²) in [5, 5.41) is 10.4. The highest BCUT2D eigenvalue weighted by atomic mass is 19.4. The Balaban J connectivity index is 0.000000493. The van der Waals surface area contributed by atoms with Crippen molar-refractivity contribution in [2.75, 3.05) is 19.6 Å². The fourth-order valence-electron chi connectivity index (χ4n) is 6.00. The maximum atomic E-state index is 12.9. The number of carbonyl (C=O) groups excluding carboxylic acids is 1. The second kappa shape index (κ2) is 13.1. The standard InChI is InChI=1S/C31H34N4O2.C2HF3O2/c1-21(32-30(36)27-19-26(27)23-10-6-3-7-11-23)20-34-16-14-25(15-17-34)35-29-13-12-24(18-28(29)33-31(35)37)22-8-4-2-5-9-22;3-2(4,5)1(6)7/h2-13,18,21,25-27H,14-17,19-20H2,1H3,(H,32,36)(H,33,37);(H,6,7)/t21-,26+,27-;/m0./s1. The molecular formula is C33H35F3N4O4. The van der Waals surface area contributed by atoms with Crippen LogP contribution in [0.3, 0.4) is 0 Å². The summed E-state index contributed by atoms with van der Waals surface area (Å²) in [6.45, 7) is 4.77. The number of piperidine rings is 1. The van der Waals surface area contributed by atoms with Crippen LogP contribution in [-0.2, 0) is 9.59 Å². The summed E-state index contributed by atoms with van der Waals surface area (Å²) < 4.78 is 33.7. The predicted octanol–water partition coefficient (Wildman–Crippen LogP) is 5.58. The number of H-pyrrole nitrogens is 1. The number of alkyl halides is 3. The zero-order chi connectivity index (χ0) is 31.4. The first-order valence-corrected chi connectivity index (χ1v) is 14.7. The van der Waals surface area contributed by atoms with Gasteiger partial charge in [-0.25, -0.2) is 9.59 Å². The molecule has 1 aliphatic heterocycles. The molecule has 3 atom stereocenters. The predicted molar refractivity (Wildman–Crippen MR) is 161 cm³/mol. The van der Waals surface area contributed by atoms with Crippen molar-refractivity contribution < 1.29 is 27.9 Å². The molecule has 3 aromatic carbocycles. The van der Waals surface area contributed by atoms with Crippen LogP contribution < -0.4 is 11.0 Å². The van der Waals surface area contributed by atoms with E-state index in [9.17, 15) is 22.8 Å². The molecule has 2 heterocycles. The van der Waals surface area contributed by atoms with Crippen molar-refractivity contribution in [3.8, 4) is 11.1 Å². The van der Waals surface area contributed by atoms with Crippen molar-refractivity contribution in [3.05, 3.63) is 94.9 Å². The van der Waals surface area contributed by atoms with Gasteiger partial charge in [0.15, 0.2) is 0 Å². The number of fused-ring (bicyclic) bond motifs is 1. The minimum absolute atomic E-state index is 0.0308. The van der Waals surface area contributed by atoms with Gasteiger partial charge in [-0.1, -0.05) is 66.7 Å². The van der Waals surface area contributed by atoms with Crippen molar-refractivity contribution in [1.29, 1.82) is 0 Å². The number of rotatable bonds is 7. The largest absolute Gasteiger partial charge is 0.490 e. The van der Waals surface area contributed by atoms with Crippen molar-refractivity contribution in [1.82, 2.24) is 19.8 Å². The number of aromatic amines is 1. The van der Waals surface area contributed by atoms with Crippen LogP contribution in [0.2, 0.25) is 0 Å². The number of nitrogens with one attached hydrogen (secondary N) is 2. The van der Waals surface area contributed by atoms with E-state index in [1.807, 2.05) is 41.0 Å². The molecule has 2 aliphatic rings. The number of likely N-dealkylation sites (tertiary alicyclic amines) is 1. The Bertz CT molecular complexity index is 1640. The van der Waals surface area contributed by atoms with Crippen molar-refractivity contribution in [2.45, 2.75) is 50.4 Å². The fraction of sp³-hybridized carbons (Fsp3) is 0.364. The van der Waals surface area contributed by atoms with Crippen molar-refractivity contribution >= 4 is 22.9 Å². The second-order valence-electron chi connectivity index (χ2n) is 11.5. The number of halogens is 3. The van der Waals surface area contributed by atoms with Gasteiger partial charge in [-0.3, -0.25) is 9.36 Å². The van der Waals surface area contributed by atoms with Gasteiger partial charge < -0.3 is 20.3 Å². The smallest absolute Gasteiger partial charge is 0.475 e. The monoisotopic (exact) mass is 608 g/mol. The van der Waals surface area contributed by atoms with Crippen LogP contribution in [0, 0.1) is 5.92 Å². The van der Waals surface area contributed by atoms with E-state index >= 15 is 0 Å². The summed E-state index contributed by atoms with van der Waals surface area (Å²) in [6, 6.07) is 27.1. The quantitative estimate of drug-likeness (QED) is 0.254. The molecule has 2 fully saturated rings. The van der Waals surface area contributed by atoms with Gasteiger partial charge in [0, 0.05) is 37.6 Å². The van der Waals surface area contributed by atoms with Crippen molar-refractivity contribution in [3.63, 3.8) is 0 Å². The van der Waals surface area contributed by atoms with E-state index in [0.717, 1.165) is 61.1 Å². The Morgan fingerprint density at radius 1 is 0.977 bits per heavy atom. The first-order chi connectivity index (χ1) is 21.0. The lowest BCUT2D eigenvalue weighted by atomic mass is 10.0. The molecule has 0 bridgehead atoms. The van der Waals surface area contributed by atoms with Gasteiger partial charge in [0.2, 0.25) is 5.91 Å². The van der Waals surface area contributed by atoms with E-state index in [1.54, 1.807) is 0 Å². The highest BCUT2D eigenvalue weighted by molar-refractivity contribution is 5.83. The van der Waals surface area contributed by atoms with Crippen LogP contribution in [0.15, 0.2) is 83.7 Å². The van der Waals surface area contributed by atoms with Gasteiger partial charge in [-0.05, 0) is 60.9 Å². The molecule has 0 radical (unpaired) electrons. The van der Waals surface area contributed by atoms with Crippen LogP contribution in [-0.4, -0.2) is 63.3 Å². The van der Waals surface area contributed by atoms with Gasteiger partial charge in [0.1, 0.15) is 0 Å². The Hall–Kier alpha value is -4.38. The van der Waals surface area contributed by atoms with Gasteiger partial charge in [0.25, 0.3) is 0 Å². The molecule has 8 nitrogen and oxygen atoms in total. The molecule has 11 heteroatoms. The lowest BCUT2D eigenvalue weighted by Crippen LogP contribution is -2.45. The van der Waals surface area contributed by atoms with Crippen LogP contribution in [0.5, 0.6) is 0 Å². The molecule has 0 unspecified atom stereocenters. The van der Waals surface area contributed by atoms with Crippen LogP contribution >= 0.6 is 0 Å². The number of hydrogen-bond donors (Lipinski definition) is 3. The Morgan fingerprint density at radius 3 is 2.20 bits per heavy atom. The number of nitrogens with zero attached hydrogens (tertiary/aromatic N) is 2. The molecule has 1 aliphatic carbocycles. The maximum absolute atomic E-state index is 12.9. The number of amides is 1. The number of imidazole rings is 1. The number of aliphatic carboxylic acids is 1. The number of carbonyl (C=O) groups is 2. The number of benzene rings is 3. The Morgan fingerprint density at radius 2 is 1.59 bits per heavy atom. The first-order valence-electron chi connectivity index (χ1n) is 14.7. The molecule has 232 valence electrons. The summed E-state index contributed by atoms with van der Waals surface area (Å²) in [5.41, 5.74) is 5.34. The summed E-state index contributed by atoms with van der Waals surface area (Å²) in [4.78, 5) is 40.1. The lowest BCUT2D eigenvalue weighted by Gasteiger charge is -2.34. The Labute approximate surface area is 252 Å². The summed E-state index contributed by atoms with van der Waals surface area (Å²) in [7, 11) is 0. The third-order valence-electron chi connectivity index (χ3n) is 8.26. The second-order valence-corrected chi connectivity index (χ2v) is 11.5. The van der Waals surface area contributed by atoms with Gasteiger partial charge in [0.05, 0.1) is 11.0 Å². The third kappa shape index (κ3) is 7.39. The SMILES string of the molecule is C[C@@H](CN1CCC(n2c(=O)[nH]c3cc(-c4ccccc4)ccc32)CC1)NC(=O)[C@H]1C[C@@H]1c1ccccc1.O=C(O)C(F)(F)F. The van der Waals surface area contributed by atoms with Gasteiger partial charge >= 0.3 is 17.8 Å². The highest BCUT2D eigenvalue weighted by Crippen LogP contribution is 2.47. The van der Waals surface area contributed by atoms with E-state index in [0.29, 0.717) is 5.92 Å². The zero-order valence-electron chi connectivity index (χ0n) is 24.3. The van der Waals surface area contributed by atoms with Gasteiger partial charge in [-0.15, -0.1) is 0 Å². The number of hydrogen-bond acceptors (Lipinski definition) is 4. The number of carboxylic acids is 1. The molecule has 1 saturated carbocycles. The molecule has 1 amide bonds.